The van der Waals surface area contributed by atoms with Gasteiger partial charge in [0.1, 0.15) is 0 Å². The molecular weight excluding hydrogens is 250 g/mol. The van der Waals surface area contributed by atoms with Gasteiger partial charge in [-0.15, -0.1) is 0 Å². The van der Waals surface area contributed by atoms with E-state index in [1.54, 1.807) is 12.1 Å². The van der Waals surface area contributed by atoms with Crippen LogP contribution < -0.4 is 4.72 Å². The van der Waals surface area contributed by atoms with Crippen molar-refractivity contribution in [2.45, 2.75) is 44.0 Å². The van der Waals surface area contributed by atoms with E-state index in [2.05, 4.69) is 18.6 Å². The van der Waals surface area contributed by atoms with Crippen molar-refractivity contribution in [3.05, 3.63) is 29.8 Å². The van der Waals surface area contributed by atoms with Gasteiger partial charge in [-0.2, -0.15) is 0 Å². The van der Waals surface area contributed by atoms with Crippen LogP contribution in [0.1, 0.15) is 38.7 Å². The van der Waals surface area contributed by atoms with Gasteiger partial charge >= 0.3 is 0 Å². The van der Waals surface area contributed by atoms with Gasteiger partial charge in [0, 0.05) is 6.04 Å². The lowest BCUT2D eigenvalue weighted by Gasteiger charge is -2.14. The van der Waals surface area contributed by atoms with Crippen LogP contribution in [-0.2, 0) is 10.0 Å². The van der Waals surface area contributed by atoms with E-state index in [-0.39, 0.29) is 11.5 Å². The third-order valence-electron chi connectivity index (χ3n) is 2.89. The van der Waals surface area contributed by atoms with Crippen molar-refractivity contribution in [1.29, 1.82) is 0 Å². The number of hydrogen-bond donors (Lipinski definition) is 2. The van der Waals surface area contributed by atoms with Crippen LogP contribution in [0, 0.1) is 0 Å². The zero-order chi connectivity index (χ0) is 13.8. The minimum absolute atomic E-state index is 0.195. The van der Waals surface area contributed by atoms with Crippen molar-refractivity contribution in [2.75, 3.05) is 6.61 Å². The summed E-state index contributed by atoms with van der Waals surface area (Å²) < 4.78 is 26.5. The highest BCUT2D eigenvalue weighted by molar-refractivity contribution is 7.89. The lowest BCUT2D eigenvalue weighted by molar-refractivity contribution is 0.254. The number of aliphatic hydroxyl groups is 1. The highest BCUT2D eigenvalue weighted by Gasteiger charge is 2.18. The molecule has 1 rings (SSSR count). The Kier molecular flexibility index (Phi) is 5.31. The SMILES string of the molecule is CC[C@@H](CO)NS(=O)(=O)c1ccc(C(C)C)cc1. The molecule has 0 unspecified atom stereocenters. The molecule has 0 aromatic heterocycles. The van der Waals surface area contributed by atoms with E-state index < -0.39 is 16.1 Å². The van der Waals surface area contributed by atoms with E-state index in [1.807, 2.05) is 19.1 Å². The van der Waals surface area contributed by atoms with Gasteiger partial charge in [-0.3, -0.25) is 0 Å². The van der Waals surface area contributed by atoms with Crippen LogP contribution in [0.4, 0.5) is 0 Å². The maximum atomic E-state index is 12.0. The average Bonchev–Trinajstić information content (AvgIpc) is 2.36. The Morgan fingerprint density at radius 1 is 1.22 bits per heavy atom. The molecule has 1 atom stereocenters. The summed E-state index contributed by atoms with van der Waals surface area (Å²) in [5, 5.41) is 9.03. The molecule has 0 bridgehead atoms. The molecule has 0 heterocycles. The van der Waals surface area contributed by atoms with Crippen LogP contribution in [0.15, 0.2) is 29.2 Å². The maximum Gasteiger partial charge on any atom is 0.240 e. The van der Waals surface area contributed by atoms with E-state index in [9.17, 15) is 8.42 Å². The molecule has 102 valence electrons. The summed E-state index contributed by atoms with van der Waals surface area (Å²) >= 11 is 0. The topological polar surface area (TPSA) is 66.4 Å². The lowest BCUT2D eigenvalue weighted by atomic mass is 10.0. The third kappa shape index (κ3) is 3.80. The Hall–Kier alpha value is -0.910. The molecule has 0 radical (unpaired) electrons. The fraction of sp³-hybridized carbons (Fsp3) is 0.538. The second-order valence-electron chi connectivity index (χ2n) is 4.63. The molecule has 18 heavy (non-hydrogen) atoms. The van der Waals surface area contributed by atoms with Gasteiger partial charge in [0.25, 0.3) is 0 Å². The number of nitrogens with one attached hydrogen (secondary N) is 1. The van der Waals surface area contributed by atoms with Crippen molar-refractivity contribution < 1.29 is 13.5 Å². The largest absolute Gasteiger partial charge is 0.395 e. The van der Waals surface area contributed by atoms with Crippen LogP contribution >= 0.6 is 0 Å². The quantitative estimate of drug-likeness (QED) is 0.830. The Morgan fingerprint density at radius 3 is 2.17 bits per heavy atom. The predicted octanol–water partition coefficient (Wildman–Crippen LogP) is 1.86. The molecule has 5 heteroatoms. The van der Waals surface area contributed by atoms with E-state index in [4.69, 9.17) is 5.11 Å². The van der Waals surface area contributed by atoms with Gasteiger partial charge in [-0.1, -0.05) is 32.9 Å². The Bertz CT molecular complexity index is 462. The molecule has 0 aliphatic heterocycles. The molecule has 1 aromatic rings. The van der Waals surface area contributed by atoms with E-state index in [0.717, 1.165) is 5.56 Å². The summed E-state index contributed by atoms with van der Waals surface area (Å²) in [5.74, 6) is 0.371. The summed E-state index contributed by atoms with van der Waals surface area (Å²) in [7, 11) is -3.54. The molecule has 0 saturated heterocycles. The normalized spacial score (nSPS) is 13.8. The van der Waals surface area contributed by atoms with Crippen molar-refractivity contribution in [3.63, 3.8) is 0 Å². The average molecular weight is 271 g/mol. The second kappa shape index (κ2) is 6.31. The summed E-state index contributed by atoms with van der Waals surface area (Å²) in [4.78, 5) is 0.235. The molecule has 0 saturated carbocycles. The first-order valence-electron chi connectivity index (χ1n) is 6.13. The van der Waals surface area contributed by atoms with E-state index in [1.165, 1.54) is 0 Å². The fourth-order valence-corrected chi connectivity index (χ4v) is 2.88. The molecule has 0 amide bonds. The van der Waals surface area contributed by atoms with Crippen molar-refractivity contribution >= 4 is 10.0 Å². The van der Waals surface area contributed by atoms with Crippen molar-refractivity contribution in [2.24, 2.45) is 0 Å². The lowest BCUT2D eigenvalue weighted by Crippen LogP contribution is -2.36. The van der Waals surface area contributed by atoms with Gasteiger partial charge in [0.05, 0.1) is 11.5 Å². The number of hydrogen-bond acceptors (Lipinski definition) is 3. The van der Waals surface area contributed by atoms with Gasteiger partial charge < -0.3 is 5.11 Å². The summed E-state index contributed by atoms with van der Waals surface area (Å²) in [6.45, 7) is 5.74. The van der Waals surface area contributed by atoms with Crippen LogP contribution in [0.5, 0.6) is 0 Å². The molecule has 2 N–H and O–H groups in total. The molecule has 4 nitrogen and oxygen atoms in total. The number of rotatable bonds is 6. The van der Waals surface area contributed by atoms with Crippen molar-refractivity contribution in [1.82, 2.24) is 4.72 Å². The van der Waals surface area contributed by atoms with Crippen LogP contribution in [0.25, 0.3) is 0 Å². The van der Waals surface area contributed by atoms with Gasteiger partial charge in [-0.05, 0) is 30.0 Å². The first-order chi connectivity index (χ1) is 8.40. The maximum absolute atomic E-state index is 12.0. The zero-order valence-electron chi connectivity index (χ0n) is 11.1. The minimum atomic E-state index is -3.54. The van der Waals surface area contributed by atoms with Gasteiger partial charge in [0.15, 0.2) is 0 Å². The molecular formula is C13H21NO3S. The summed E-state index contributed by atoms with van der Waals surface area (Å²) in [5.41, 5.74) is 1.10. The zero-order valence-corrected chi connectivity index (χ0v) is 11.9. The Balaban J connectivity index is 2.91. The van der Waals surface area contributed by atoms with E-state index >= 15 is 0 Å². The standard InChI is InChI=1S/C13H21NO3S/c1-4-12(9-15)14-18(16,17)13-7-5-11(6-8-13)10(2)3/h5-8,10,12,14-15H,4,9H2,1-3H3/t12-/m0/s1. The Morgan fingerprint density at radius 2 is 1.78 bits per heavy atom. The highest BCUT2D eigenvalue weighted by atomic mass is 32.2. The Labute approximate surface area is 109 Å². The molecule has 0 fully saturated rings. The highest BCUT2D eigenvalue weighted by Crippen LogP contribution is 2.17. The van der Waals surface area contributed by atoms with Crippen LogP contribution in [-0.4, -0.2) is 26.2 Å². The van der Waals surface area contributed by atoms with Crippen LogP contribution in [0.2, 0.25) is 0 Å². The second-order valence-corrected chi connectivity index (χ2v) is 6.35. The summed E-state index contributed by atoms with van der Waals surface area (Å²) in [6, 6.07) is 6.40. The fourth-order valence-electron chi connectivity index (χ4n) is 1.57. The van der Waals surface area contributed by atoms with Gasteiger partial charge in [0.2, 0.25) is 10.0 Å². The predicted molar refractivity (Wildman–Crippen MR) is 72.0 cm³/mol. The minimum Gasteiger partial charge on any atom is -0.395 e. The summed E-state index contributed by atoms with van der Waals surface area (Å²) in [6.07, 6.45) is 0.555. The number of aliphatic hydroxyl groups excluding tert-OH is 1. The van der Waals surface area contributed by atoms with Gasteiger partial charge in [-0.25, -0.2) is 13.1 Å². The first-order valence-corrected chi connectivity index (χ1v) is 7.62. The third-order valence-corrected chi connectivity index (χ3v) is 4.43. The van der Waals surface area contributed by atoms with Crippen LogP contribution in [0.3, 0.4) is 0 Å². The smallest absolute Gasteiger partial charge is 0.240 e. The molecule has 0 aliphatic carbocycles. The first kappa shape index (κ1) is 15.1. The molecule has 0 aliphatic rings. The number of benzene rings is 1. The monoisotopic (exact) mass is 271 g/mol. The van der Waals surface area contributed by atoms with E-state index in [0.29, 0.717) is 12.3 Å². The molecule has 1 aromatic carbocycles. The van der Waals surface area contributed by atoms with Crippen molar-refractivity contribution in [3.8, 4) is 0 Å². The molecule has 0 spiro atoms. The number of sulfonamides is 1.